The molecule has 0 aromatic carbocycles. The van der Waals surface area contributed by atoms with Crippen molar-refractivity contribution >= 4 is 5.91 Å². The summed E-state index contributed by atoms with van der Waals surface area (Å²) in [5, 5.41) is 3.37. The van der Waals surface area contributed by atoms with Crippen LogP contribution in [0.25, 0.3) is 0 Å². The molecule has 1 aliphatic carbocycles. The minimum atomic E-state index is -0.443. The lowest BCUT2D eigenvalue weighted by molar-refractivity contribution is -0.126. The summed E-state index contributed by atoms with van der Waals surface area (Å²) in [6.07, 6.45) is 5.37. The third-order valence-corrected chi connectivity index (χ3v) is 4.22. The van der Waals surface area contributed by atoms with Crippen molar-refractivity contribution in [2.75, 3.05) is 26.7 Å². The number of nitrogens with two attached hydrogens (primary N) is 1. The fourth-order valence-corrected chi connectivity index (χ4v) is 3.30. The van der Waals surface area contributed by atoms with Crippen molar-refractivity contribution in [2.24, 2.45) is 11.7 Å². The molecule has 1 fully saturated rings. The van der Waals surface area contributed by atoms with Crippen LogP contribution < -0.4 is 11.1 Å². The Morgan fingerprint density at radius 1 is 1.44 bits per heavy atom. The van der Waals surface area contributed by atoms with Gasteiger partial charge >= 0.3 is 0 Å². The smallest absolute Gasteiger partial charge is 0.238 e. The summed E-state index contributed by atoms with van der Waals surface area (Å²) in [4.78, 5) is 14.2. The first-order valence-electron chi connectivity index (χ1n) is 7.30. The molecule has 0 heterocycles. The first kappa shape index (κ1) is 15.4. The Morgan fingerprint density at radius 3 is 2.72 bits per heavy atom. The maximum Gasteiger partial charge on any atom is 0.238 e. The minimum Gasteiger partial charge on any atom is -0.368 e. The molecule has 1 amide bonds. The molecular weight excluding hydrogens is 226 g/mol. The molecular formula is C14H29N3O. The van der Waals surface area contributed by atoms with Gasteiger partial charge in [0.2, 0.25) is 5.91 Å². The molecule has 3 N–H and O–H groups in total. The highest BCUT2D eigenvalue weighted by Gasteiger charge is 2.46. The average molecular weight is 255 g/mol. The number of likely N-dealkylation sites (N-methyl/N-ethyl adjacent to an activating group) is 1. The molecule has 4 nitrogen and oxygen atoms in total. The number of nitrogens with one attached hydrogen (secondary N) is 1. The van der Waals surface area contributed by atoms with Gasteiger partial charge in [0, 0.05) is 0 Å². The lowest BCUT2D eigenvalue weighted by Crippen LogP contribution is -2.58. The van der Waals surface area contributed by atoms with Crippen molar-refractivity contribution in [3.63, 3.8) is 0 Å². The standard InChI is InChI=1S/C14H29N3O/c1-4-10-17(3)11-8-12-7-6-9-14(12,13(15)18)16-5-2/h12,16H,4-11H2,1-3H3,(H2,15,18). The first-order chi connectivity index (χ1) is 8.56. The molecule has 0 spiro atoms. The van der Waals surface area contributed by atoms with Gasteiger partial charge in [-0.1, -0.05) is 20.3 Å². The summed E-state index contributed by atoms with van der Waals surface area (Å²) in [7, 11) is 2.15. The Hall–Kier alpha value is -0.610. The average Bonchev–Trinajstić information content (AvgIpc) is 2.72. The Labute approximate surface area is 111 Å². The van der Waals surface area contributed by atoms with Gasteiger partial charge in [0.05, 0.1) is 0 Å². The number of rotatable bonds is 8. The Kier molecular flexibility index (Phi) is 6.09. The Morgan fingerprint density at radius 2 is 2.17 bits per heavy atom. The van der Waals surface area contributed by atoms with E-state index in [1.165, 1.54) is 6.42 Å². The van der Waals surface area contributed by atoms with Crippen LogP contribution in [0.15, 0.2) is 0 Å². The monoisotopic (exact) mass is 255 g/mol. The number of carbonyl (C=O) groups excluding carboxylic acids is 1. The second-order valence-corrected chi connectivity index (χ2v) is 5.55. The summed E-state index contributed by atoms with van der Waals surface area (Å²) in [6, 6.07) is 0. The highest BCUT2D eigenvalue weighted by molar-refractivity contribution is 5.85. The molecule has 0 aromatic rings. The maximum atomic E-state index is 11.8. The number of hydrogen-bond acceptors (Lipinski definition) is 3. The molecule has 1 saturated carbocycles. The van der Waals surface area contributed by atoms with E-state index < -0.39 is 5.54 Å². The van der Waals surface area contributed by atoms with Gasteiger partial charge in [-0.15, -0.1) is 0 Å². The topological polar surface area (TPSA) is 58.4 Å². The van der Waals surface area contributed by atoms with E-state index in [1.54, 1.807) is 0 Å². The number of amides is 1. The zero-order valence-electron chi connectivity index (χ0n) is 12.2. The molecule has 0 aromatic heterocycles. The van der Waals surface area contributed by atoms with Crippen LogP contribution in [0, 0.1) is 5.92 Å². The van der Waals surface area contributed by atoms with Gasteiger partial charge in [-0.3, -0.25) is 4.79 Å². The van der Waals surface area contributed by atoms with Crippen LogP contribution in [0.1, 0.15) is 46.0 Å². The Balaban J connectivity index is 2.59. The predicted octanol–water partition coefficient (Wildman–Crippen LogP) is 1.35. The number of primary amides is 1. The van der Waals surface area contributed by atoms with Gasteiger partial charge in [0.1, 0.15) is 5.54 Å². The Bertz CT molecular complexity index is 270. The molecule has 0 bridgehead atoms. The van der Waals surface area contributed by atoms with E-state index >= 15 is 0 Å². The molecule has 0 aliphatic heterocycles. The maximum absolute atomic E-state index is 11.8. The van der Waals surface area contributed by atoms with Gasteiger partial charge in [0.15, 0.2) is 0 Å². The summed E-state index contributed by atoms with van der Waals surface area (Å²) in [6.45, 7) is 7.22. The summed E-state index contributed by atoms with van der Waals surface area (Å²) in [5.74, 6) is 0.235. The lowest BCUT2D eigenvalue weighted by Gasteiger charge is -2.34. The van der Waals surface area contributed by atoms with Crippen molar-refractivity contribution in [3.8, 4) is 0 Å². The van der Waals surface area contributed by atoms with Crippen LogP contribution in [-0.4, -0.2) is 43.0 Å². The third kappa shape index (κ3) is 3.45. The van der Waals surface area contributed by atoms with Gasteiger partial charge in [-0.05, 0) is 58.3 Å². The molecule has 2 unspecified atom stereocenters. The van der Waals surface area contributed by atoms with Crippen LogP contribution in [0.4, 0.5) is 0 Å². The van der Waals surface area contributed by atoms with E-state index in [0.717, 1.165) is 45.3 Å². The van der Waals surface area contributed by atoms with E-state index in [9.17, 15) is 4.79 Å². The highest BCUT2D eigenvalue weighted by Crippen LogP contribution is 2.37. The van der Waals surface area contributed by atoms with Crippen LogP contribution >= 0.6 is 0 Å². The first-order valence-corrected chi connectivity index (χ1v) is 7.30. The van der Waals surface area contributed by atoms with Crippen molar-refractivity contribution in [1.82, 2.24) is 10.2 Å². The van der Waals surface area contributed by atoms with Crippen LogP contribution in [0.5, 0.6) is 0 Å². The lowest BCUT2D eigenvalue weighted by atomic mass is 9.83. The van der Waals surface area contributed by atoms with E-state index in [0.29, 0.717) is 5.92 Å². The van der Waals surface area contributed by atoms with Gasteiger partial charge in [-0.2, -0.15) is 0 Å². The van der Waals surface area contributed by atoms with E-state index in [4.69, 9.17) is 5.73 Å². The molecule has 1 rings (SSSR count). The number of hydrogen-bond donors (Lipinski definition) is 2. The van der Waals surface area contributed by atoms with Gasteiger partial charge in [-0.25, -0.2) is 0 Å². The van der Waals surface area contributed by atoms with Gasteiger partial charge < -0.3 is 16.0 Å². The quantitative estimate of drug-likeness (QED) is 0.688. The van der Waals surface area contributed by atoms with E-state index in [-0.39, 0.29) is 5.91 Å². The fourth-order valence-electron chi connectivity index (χ4n) is 3.30. The number of carbonyl (C=O) groups is 1. The molecule has 0 saturated heterocycles. The van der Waals surface area contributed by atoms with Gasteiger partial charge in [0.25, 0.3) is 0 Å². The van der Waals surface area contributed by atoms with E-state index in [2.05, 4.69) is 24.2 Å². The molecule has 2 atom stereocenters. The largest absolute Gasteiger partial charge is 0.368 e. The second-order valence-electron chi connectivity index (χ2n) is 5.55. The third-order valence-electron chi connectivity index (χ3n) is 4.22. The van der Waals surface area contributed by atoms with Crippen molar-refractivity contribution < 1.29 is 4.79 Å². The van der Waals surface area contributed by atoms with Crippen LogP contribution in [0.2, 0.25) is 0 Å². The van der Waals surface area contributed by atoms with Crippen LogP contribution in [0.3, 0.4) is 0 Å². The zero-order chi connectivity index (χ0) is 13.6. The molecule has 0 radical (unpaired) electrons. The second kappa shape index (κ2) is 7.10. The van der Waals surface area contributed by atoms with Crippen molar-refractivity contribution in [2.45, 2.75) is 51.5 Å². The highest BCUT2D eigenvalue weighted by atomic mass is 16.1. The normalized spacial score (nSPS) is 27.9. The molecule has 106 valence electrons. The molecule has 1 aliphatic rings. The van der Waals surface area contributed by atoms with Crippen LogP contribution in [-0.2, 0) is 4.79 Å². The van der Waals surface area contributed by atoms with Crippen molar-refractivity contribution in [3.05, 3.63) is 0 Å². The predicted molar refractivity (Wildman–Crippen MR) is 75.3 cm³/mol. The SMILES string of the molecule is CCCN(C)CCC1CCCC1(NCC)C(N)=O. The molecule has 18 heavy (non-hydrogen) atoms. The minimum absolute atomic E-state index is 0.162. The summed E-state index contributed by atoms with van der Waals surface area (Å²) < 4.78 is 0. The summed E-state index contributed by atoms with van der Waals surface area (Å²) >= 11 is 0. The van der Waals surface area contributed by atoms with Crippen molar-refractivity contribution in [1.29, 1.82) is 0 Å². The summed E-state index contributed by atoms with van der Waals surface area (Å²) in [5.41, 5.74) is 5.22. The van der Waals surface area contributed by atoms with E-state index in [1.807, 2.05) is 6.92 Å². The fraction of sp³-hybridized carbons (Fsp3) is 0.929. The molecule has 4 heteroatoms. The zero-order valence-corrected chi connectivity index (χ0v) is 12.2. The number of nitrogens with zero attached hydrogens (tertiary/aromatic N) is 1.